The van der Waals surface area contributed by atoms with Gasteiger partial charge in [0.2, 0.25) is 0 Å². The highest BCUT2D eigenvalue weighted by atomic mass is 16.5. The molecule has 1 fully saturated rings. The van der Waals surface area contributed by atoms with Crippen molar-refractivity contribution in [2.75, 3.05) is 13.7 Å². The molecule has 4 rings (SSSR count). The number of hydrogen-bond acceptors (Lipinski definition) is 5. The minimum atomic E-state index is -0.323. The largest absolute Gasteiger partial charge is 0.382 e. The molecule has 1 aromatic carbocycles. The molecule has 0 aliphatic heterocycles. The van der Waals surface area contributed by atoms with Gasteiger partial charge >= 0.3 is 0 Å². The number of methoxy groups -OCH3 is 1. The Kier molecular flexibility index (Phi) is 5.69. The Morgan fingerprint density at radius 3 is 2.61 bits per heavy atom. The van der Waals surface area contributed by atoms with Crippen LogP contribution in [0.4, 0.5) is 0 Å². The molecular formula is C23H23N5O3. The van der Waals surface area contributed by atoms with Crippen LogP contribution in [0.25, 0.3) is 16.9 Å². The SMILES string of the molecule is COCC1(NC(=O)c2ccc(-n3[nH]cc(-c4ccc(C#N)cc4)c3=O)nc2)CCCC1. The van der Waals surface area contributed by atoms with Crippen molar-refractivity contribution in [3.63, 3.8) is 0 Å². The van der Waals surface area contributed by atoms with Crippen LogP contribution < -0.4 is 10.9 Å². The van der Waals surface area contributed by atoms with Crippen molar-refractivity contribution in [2.45, 2.75) is 31.2 Å². The second-order valence-corrected chi connectivity index (χ2v) is 7.80. The van der Waals surface area contributed by atoms with Crippen LogP contribution in [-0.2, 0) is 4.74 Å². The Hall–Kier alpha value is -3.70. The summed E-state index contributed by atoms with van der Waals surface area (Å²) in [5.41, 5.74) is 1.54. The highest BCUT2D eigenvalue weighted by Crippen LogP contribution is 2.30. The number of aromatic nitrogens is 3. The lowest BCUT2D eigenvalue weighted by molar-refractivity contribution is 0.0767. The van der Waals surface area contributed by atoms with Crippen molar-refractivity contribution in [2.24, 2.45) is 0 Å². The molecule has 0 saturated heterocycles. The van der Waals surface area contributed by atoms with Crippen LogP contribution in [0.2, 0.25) is 0 Å². The number of carbonyl (C=O) groups excluding carboxylic acids is 1. The van der Waals surface area contributed by atoms with Crippen LogP contribution in [0.1, 0.15) is 41.6 Å². The zero-order chi connectivity index (χ0) is 21.8. The van der Waals surface area contributed by atoms with Gasteiger partial charge < -0.3 is 10.1 Å². The Morgan fingerprint density at radius 2 is 2.00 bits per heavy atom. The van der Waals surface area contributed by atoms with Crippen LogP contribution in [-0.4, -0.2) is 39.9 Å². The molecular weight excluding hydrogens is 394 g/mol. The van der Waals surface area contributed by atoms with Gasteiger partial charge in [0, 0.05) is 19.5 Å². The molecule has 1 saturated carbocycles. The lowest BCUT2D eigenvalue weighted by Crippen LogP contribution is -2.49. The van der Waals surface area contributed by atoms with Gasteiger partial charge in [-0.1, -0.05) is 25.0 Å². The molecule has 0 bridgehead atoms. The van der Waals surface area contributed by atoms with E-state index >= 15 is 0 Å². The lowest BCUT2D eigenvalue weighted by atomic mass is 9.98. The van der Waals surface area contributed by atoms with E-state index in [1.54, 1.807) is 49.7 Å². The Bertz CT molecular complexity index is 1160. The summed E-state index contributed by atoms with van der Waals surface area (Å²) in [7, 11) is 1.64. The summed E-state index contributed by atoms with van der Waals surface area (Å²) in [5, 5.41) is 14.9. The quantitative estimate of drug-likeness (QED) is 0.640. The molecule has 2 heterocycles. The van der Waals surface area contributed by atoms with E-state index in [0.29, 0.717) is 34.7 Å². The summed E-state index contributed by atoms with van der Waals surface area (Å²) in [6, 6.07) is 12.1. The smallest absolute Gasteiger partial charge is 0.280 e. The van der Waals surface area contributed by atoms with Gasteiger partial charge in [0.1, 0.15) is 0 Å². The van der Waals surface area contributed by atoms with Crippen LogP contribution in [0.3, 0.4) is 0 Å². The molecule has 1 amide bonds. The third kappa shape index (κ3) is 4.13. The maximum absolute atomic E-state index is 12.8. The number of nitrogens with one attached hydrogen (secondary N) is 2. The van der Waals surface area contributed by atoms with Crippen molar-refractivity contribution in [3.05, 3.63) is 70.3 Å². The fourth-order valence-corrected chi connectivity index (χ4v) is 4.07. The van der Waals surface area contributed by atoms with E-state index in [2.05, 4.69) is 21.5 Å². The normalized spacial score (nSPS) is 14.8. The monoisotopic (exact) mass is 417 g/mol. The maximum atomic E-state index is 12.8. The van der Waals surface area contributed by atoms with Crippen LogP contribution in [0.15, 0.2) is 53.6 Å². The minimum absolute atomic E-state index is 0.199. The predicted molar refractivity (Wildman–Crippen MR) is 115 cm³/mol. The van der Waals surface area contributed by atoms with Crippen molar-refractivity contribution < 1.29 is 9.53 Å². The molecule has 8 heteroatoms. The first-order chi connectivity index (χ1) is 15.0. The highest BCUT2D eigenvalue weighted by molar-refractivity contribution is 5.94. The van der Waals surface area contributed by atoms with Gasteiger partial charge in [0.25, 0.3) is 11.5 Å². The molecule has 0 radical (unpaired) electrons. The second-order valence-electron chi connectivity index (χ2n) is 7.80. The summed E-state index contributed by atoms with van der Waals surface area (Å²) >= 11 is 0. The molecule has 2 N–H and O–H groups in total. The fourth-order valence-electron chi connectivity index (χ4n) is 4.07. The summed E-state index contributed by atoms with van der Waals surface area (Å²) in [6.07, 6.45) is 6.99. The number of carbonyl (C=O) groups is 1. The van der Waals surface area contributed by atoms with Crippen molar-refractivity contribution in [1.29, 1.82) is 5.26 Å². The van der Waals surface area contributed by atoms with Crippen LogP contribution >= 0.6 is 0 Å². The van der Waals surface area contributed by atoms with E-state index in [0.717, 1.165) is 25.7 Å². The van der Waals surface area contributed by atoms with E-state index in [1.807, 2.05) is 0 Å². The lowest BCUT2D eigenvalue weighted by Gasteiger charge is -2.29. The molecule has 31 heavy (non-hydrogen) atoms. The van der Waals surface area contributed by atoms with E-state index < -0.39 is 0 Å². The van der Waals surface area contributed by atoms with Gasteiger partial charge in [-0.2, -0.15) is 5.26 Å². The molecule has 0 atom stereocenters. The summed E-state index contributed by atoms with van der Waals surface area (Å²) in [6.45, 7) is 0.486. The molecule has 1 aliphatic carbocycles. The first kappa shape index (κ1) is 20.6. The summed E-state index contributed by atoms with van der Waals surface area (Å²) in [4.78, 5) is 29.9. The first-order valence-corrected chi connectivity index (χ1v) is 10.1. The molecule has 0 spiro atoms. The average molecular weight is 417 g/mol. The zero-order valence-electron chi connectivity index (χ0n) is 17.2. The van der Waals surface area contributed by atoms with Gasteiger partial charge in [-0.15, -0.1) is 0 Å². The number of aromatic amines is 1. The Morgan fingerprint density at radius 1 is 1.26 bits per heavy atom. The maximum Gasteiger partial charge on any atom is 0.280 e. The van der Waals surface area contributed by atoms with Crippen molar-refractivity contribution in [1.82, 2.24) is 20.1 Å². The standard InChI is InChI=1S/C23H23N5O3/c1-31-15-23(10-2-3-11-23)27-21(29)18-8-9-20(25-13-18)28-22(30)19(14-26-28)17-6-4-16(12-24)5-7-17/h4-9,13-14,26H,2-3,10-11,15H2,1H3,(H,27,29). The van der Waals surface area contributed by atoms with E-state index in [4.69, 9.17) is 10.00 Å². The summed E-state index contributed by atoms with van der Waals surface area (Å²) in [5.74, 6) is 0.184. The van der Waals surface area contributed by atoms with Crippen LogP contribution in [0.5, 0.6) is 0 Å². The number of benzene rings is 1. The zero-order valence-corrected chi connectivity index (χ0v) is 17.2. The van der Waals surface area contributed by atoms with Crippen molar-refractivity contribution >= 4 is 5.91 Å². The second kappa shape index (κ2) is 8.58. The number of rotatable bonds is 6. The van der Waals surface area contributed by atoms with Crippen molar-refractivity contribution in [3.8, 4) is 23.0 Å². The number of nitrogens with zero attached hydrogens (tertiary/aromatic N) is 3. The fraction of sp³-hybridized carbons (Fsp3) is 0.304. The van der Waals surface area contributed by atoms with E-state index in [9.17, 15) is 9.59 Å². The van der Waals surface area contributed by atoms with E-state index in [1.165, 1.54) is 10.9 Å². The number of hydrogen-bond donors (Lipinski definition) is 2. The Labute approximate surface area is 179 Å². The first-order valence-electron chi connectivity index (χ1n) is 10.1. The third-order valence-corrected chi connectivity index (χ3v) is 5.70. The van der Waals surface area contributed by atoms with Gasteiger partial charge in [0.05, 0.1) is 34.9 Å². The topological polar surface area (TPSA) is 113 Å². The average Bonchev–Trinajstić information content (AvgIpc) is 3.41. The Balaban J connectivity index is 1.53. The highest BCUT2D eigenvalue weighted by Gasteiger charge is 2.35. The molecule has 0 unspecified atom stereocenters. The minimum Gasteiger partial charge on any atom is -0.382 e. The summed E-state index contributed by atoms with van der Waals surface area (Å²) < 4.78 is 6.64. The predicted octanol–water partition coefficient (Wildman–Crippen LogP) is 2.79. The number of H-pyrrole nitrogens is 1. The molecule has 3 aromatic rings. The molecule has 2 aromatic heterocycles. The van der Waals surface area contributed by atoms with Gasteiger partial charge in [0.15, 0.2) is 5.82 Å². The number of ether oxygens (including phenoxy) is 1. The third-order valence-electron chi connectivity index (χ3n) is 5.70. The molecule has 158 valence electrons. The molecule has 8 nitrogen and oxygen atoms in total. The number of pyridine rings is 1. The number of nitriles is 1. The van der Waals surface area contributed by atoms with Gasteiger partial charge in [-0.3, -0.25) is 14.7 Å². The van der Waals surface area contributed by atoms with E-state index in [-0.39, 0.29) is 17.0 Å². The number of amides is 1. The van der Waals surface area contributed by atoms with Crippen LogP contribution in [0, 0.1) is 11.3 Å². The molecule has 1 aliphatic rings. The van der Waals surface area contributed by atoms with Gasteiger partial charge in [-0.05, 0) is 42.7 Å². The van der Waals surface area contributed by atoms with Gasteiger partial charge in [-0.25, -0.2) is 9.67 Å².